The molecule has 0 spiro atoms. The van der Waals surface area contributed by atoms with Gasteiger partial charge in [0.2, 0.25) is 5.91 Å². The molecular formula is C27H28FN7O2. The zero-order valence-electron chi connectivity index (χ0n) is 21.0. The van der Waals surface area contributed by atoms with Crippen molar-refractivity contribution in [1.82, 2.24) is 24.6 Å². The summed E-state index contributed by atoms with van der Waals surface area (Å²) in [5.74, 6) is 0.758. The van der Waals surface area contributed by atoms with E-state index >= 15 is 4.39 Å². The molecule has 0 unspecified atom stereocenters. The third-order valence-electron chi connectivity index (χ3n) is 7.39. The summed E-state index contributed by atoms with van der Waals surface area (Å²) in [5, 5.41) is 22.9. The van der Waals surface area contributed by atoms with Gasteiger partial charge in [-0.3, -0.25) is 14.5 Å². The number of amides is 1. The topological polar surface area (TPSA) is 108 Å². The highest BCUT2D eigenvalue weighted by Crippen LogP contribution is 2.39. The minimum Gasteiger partial charge on any atom is -0.384 e. The van der Waals surface area contributed by atoms with E-state index in [2.05, 4.69) is 25.7 Å². The highest BCUT2D eigenvalue weighted by atomic mass is 19.1. The maximum absolute atomic E-state index is 15.2. The molecule has 37 heavy (non-hydrogen) atoms. The highest BCUT2D eigenvalue weighted by Gasteiger charge is 2.32. The molecule has 3 aromatic heterocycles. The SMILES string of the molecule is Cc1c(-c2cc(F)c3cnc(Nc4cc5n(n4)CC(=O)N(C)CC5)cc3c2)cnc2c1NCC[C@@]2(C)O. The molecule has 0 fully saturated rings. The standard InChI is InChI=1S/C27H28FN7O2/c1-15-19(12-31-26-25(15)29-6-5-27(26,2)37)16-8-17-10-22(30-13-20(17)21(28)9-16)32-23-11-18-4-7-34(3)24(36)14-35(18)33-23/h8-13,29,37H,4-7,14H2,1-3H3,(H,30,32,33)/t27-/m1/s1. The molecule has 10 heteroatoms. The van der Waals surface area contributed by atoms with E-state index in [1.807, 2.05) is 19.1 Å². The third kappa shape index (κ3) is 4.07. The summed E-state index contributed by atoms with van der Waals surface area (Å²) in [7, 11) is 1.79. The Morgan fingerprint density at radius 3 is 2.84 bits per heavy atom. The van der Waals surface area contributed by atoms with Gasteiger partial charge >= 0.3 is 0 Å². The number of halogens is 1. The van der Waals surface area contributed by atoms with Crippen LogP contribution >= 0.6 is 0 Å². The van der Waals surface area contributed by atoms with E-state index in [0.29, 0.717) is 53.2 Å². The number of nitrogens with zero attached hydrogens (tertiary/aromatic N) is 5. The maximum atomic E-state index is 15.2. The summed E-state index contributed by atoms with van der Waals surface area (Å²) < 4.78 is 16.9. The fourth-order valence-corrected chi connectivity index (χ4v) is 5.15. The Morgan fingerprint density at radius 2 is 2.00 bits per heavy atom. The van der Waals surface area contributed by atoms with Crippen LogP contribution in [-0.2, 0) is 23.4 Å². The molecule has 0 saturated carbocycles. The van der Waals surface area contributed by atoms with Gasteiger partial charge in [0.05, 0.1) is 11.4 Å². The first-order valence-electron chi connectivity index (χ1n) is 12.3. The van der Waals surface area contributed by atoms with Crippen molar-refractivity contribution >= 4 is 34.0 Å². The predicted molar refractivity (Wildman–Crippen MR) is 139 cm³/mol. The van der Waals surface area contributed by atoms with Gasteiger partial charge in [0.15, 0.2) is 5.82 Å². The van der Waals surface area contributed by atoms with Crippen molar-refractivity contribution in [2.24, 2.45) is 0 Å². The van der Waals surface area contributed by atoms with Crippen LogP contribution < -0.4 is 10.6 Å². The van der Waals surface area contributed by atoms with Gasteiger partial charge in [-0.05, 0) is 55.0 Å². The van der Waals surface area contributed by atoms with E-state index in [9.17, 15) is 9.90 Å². The summed E-state index contributed by atoms with van der Waals surface area (Å²) in [6.07, 6.45) is 4.50. The van der Waals surface area contributed by atoms with E-state index in [1.54, 1.807) is 35.8 Å². The first-order valence-corrected chi connectivity index (χ1v) is 12.3. The van der Waals surface area contributed by atoms with Crippen LogP contribution in [0.2, 0.25) is 0 Å². The number of nitrogens with one attached hydrogen (secondary N) is 2. The number of hydrogen-bond donors (Lipinski definition) is 3. The molecule has 6 rings (SSSR count). The molecule has 2 aliphatic rings. The normalized spacial score (nSPS) is 19.3. The Hall–Kier alpha value is -4.05. The maximum Gasteiger partial charge on any atom is 0.244 e. The second kappa shape index (κ2) is 8.52. The second-order valence-electron chi connectivity index (χ2n) is 10.1. The molecule has 2 aliphatic heterocycles. The van der Waals surface area contributed by atoms with E-state index in [1.165, 1.54) is 12.3 Å². The zero-order chi connectivity index (χ0) is 25.9. The summed E-state index contributed by atoms with van der Waals surface area (Å²) in [6, 6.07) is 7.11. The number of aliphatic hydroxyl groups is 1. The van der Waals surface area contributed by atoms with Gasteiger partial charge in [-0.2, -0.15) is 5.10 Å². The molecule has 0 saturated heterocycles. The highest BCUT2D eigenvalue weighted by molar-refractivity contribution is 5.90. The number of carbonyl (C=O) groups excluding carboxylic acids is 1. The molecule has 0 bridgehead atoms. The number of pyridine rings is 2. The van der Waals surface area contributed by atoms with Crippen LogP contribution in [0.15, 0.2) is 36.7 Å². The number of likely N-dealkylation sites (N-methyl/N-ethyl adjacent to an activating group) is 1. The van der Waals surface area contributed by atoms with Gasteiger partial charge in [-0.25, -0.2) is 9.37 Å². The van der Waals surface area contributed by atoms with Gasteiger partial charge in [0.25, 0.3) is 0 Å². The molecule has 9 nitrogen and oxygen atoms in total. The Morgan fingerprint density at radius 1 is 1.16 bits per heavy atom. The van der Waals surface area contributed by atoms with Crippen molar-refractivity contribution in [3.05, 3.63) is 59.4 Å². The predicted octanol–water partition coefficient (Wildman–Crippen LogP) is 3.72. The minimum atomic E-state index is -1.00. The van der Waals surface area contributed by atoms with Crippen LogP contribution in [0.5, 0.6) is 0 Å². The molecule has 1 amide bonds. The lowest BCUT2D eigenvalue weighted by Gasteiger charge is -2.32. The first kappa shape index (κ1) is 23.4. The zero-order valence-corrected chi connectivity index (χ0v) is 21.0. The quantitative estimate of drug-likeness (QED) is 0.393. The Balaban J connectivity index is 1.34. The summed E-state index contributed by atoms with van der Waals surface area (Å²) in [4.78, 5) is 22.8. The molecule has 3 N–H and O–H groups in total. The van der Waals surface area contributed by atoms with Crippen LogP contribution in [0.4, 0.5) is 21.7 Å². The lowest BCUT2D eigenvalue weighted by molar-refractivity contribution is -0.130. The van der Waals surface area contributed by atoms with E-state index in [4.69, 9.17) is 0 Å². The van der Waals surface area contributed by atoms with Crippen molar-refractivity contribution in [3.63, 3.8) is 0 Å². The average Bonchev–Trinajstić information content (AvgIpc) is 3.17. The first-order chi connectivity index (χ1) is 17.7. The average molecular weight is 502 g/mol. The fraction of sp³-hybridized carbons (Fsp3) is 0.333. The minimum absolute atomic E-state index is 0.0195. The van der Waals surface area contributed by atoms with Crippen molar-refractivity contribution in [3.8, 4) is 11.1 Å². The number of hydrogen-bond acceptors (Lipinski definition) is 7. The lowest BCUT2D eigenvalue weighted by atomic mass is 9.89. The van der Waals surface area contributed by atoms with Crippen molar-refractivity contribution < 1.29 is 14.3 Å². The van der Waals surface area contributed by atoms with Gasteiger partial charge in [0, 0.05) is 61.7 Å². The smallest absolute Gasteiger partial charge is 0.244 e. The second-order valence-corrected chi connectivity index (χ2v) is 10.1. The van der Waals surface area contributed by atoms with Crippen molar-refractivity contribution in [2.45, 2.75) is 38.8 Å². The molecule has 0 aliphatic carbocycles. The van der Waals surface area contributed by atoms with E-state index in [-0.39, 0.29) is 18.3 Å². The monoisotopic (exact) mass is 501 g/mol. The molecule has 5 heterocycles. The van der Waals surface area contributed by atoms with Crippen LogP contribution in [-0.4, -0.2) is 55.8 Å². The molecule has 190 valence electrons. The number of carbonyl (C=O) groups is 1. The van der Waals surface area contributed by atoms with Crippen LogP contribution in [0.1, 0.15) is 30.3 Å². The number of aromatic nitrogens is 4. The molecule has 1 aromatic carbocycles. The van der Waals surface area contributed by atoms with Gasteiger partial charge in [-0.1, -0.05) is 0 Å². The van der Waals surface area contributed by atoms with Crippen LogP contribution in [0.3, 0.4) is 0 Å². The van der Waals surface area contributed by atoms with Crippen molar-refractivity contribution in [2.75, 3.05) is 30.8 Å². The number of benzene rings is 1. The lowest BCUT2D eigenvalue weighted by Crippen LogP contribution is -2.32. The molecule has 4 aromatic rings. The Labute approximate surface area is 213 Å². The van der Waals surface area contributed by atoms with Crippen LogP contribution in [0, 0.1) is 12.7 Å². The molecule has 0 radical (unpaired) electrons. The molecule has 1 atom stereocenters. The Bertz CT molecular complexity index is 1560. The summed E-state index contributed by atoms with van der Waals surface area (Å²) in [6.45, 7) is 5.21. The largest absolute Gasteiger partial charge is 0.384 e. The third-order valence-corrected chi connectivity index (χ3v) is 7.39. The number of anilines is 3. The van der Waals surface area contributed by atoms with E-state index in [0.717, 1.165) is 28.9 Å². The summed E-state index contributed by atoms with van der Waals surface area (Å²) >= 11 is 0. The number of rotatable bonds is 3. The fourth-order valence-electron chi connectivity index (χ4n) is 5.15. The van der Waals surface area contributed by atoms with Gasteiger partial charge < -0.3 is 20.6 Å². The van der Waals surface area contributed by atoms with Crippen LogP contribution in [0.25, 0.3) is 21.9 Å². The Kier molecular flexibility index (Phi) is 5.38. The van der Waals surface area contributed by atoms with E-state index < -0.39 is 5.60 Å². The number of fused-ring (bicyclic) bond motifs is 3. The van der Waals surface area contributed by atoms with Crippen molar-refractivity contribution in [1.29, 1.82) is 0 Å². The summed E-state index contributed by atoms with van der Waals surface area (Å²) in [5.41, 5.74) is 3.79. The molecular weight excluding hydrogens is 473 g/mol. The van der Waals surface area contributed by atoms with Gasteiger partial charge in [-0.15, -0.1) is 0 Å². The van der Waals surface area contributed by atoms with Gasteiger partial charge in [0.1, 0.15) is 23.8 Å².